The second-order valence-corrected chi connectivity index (χ2v) is 9.42. The minimum absolute atomic E-state index is 0.0275. The van der Waals surface area contributed by atoms with Gasteiger partial charge >= 0.3 is 12.1 Å². The zero-order valence-corrected chi connectivity index (χ0v) is 19.9. The largest absolute Gasteiger partial charge is 0.490 e. The Morgan fingerprint density at radius 2 is 1.57 bits per heavy atom. The molecule has 1 amide bonds. The normalized spacial score (nSPS) is 22.6. The number of hydrogen-bond acceptors (Lipinski definition) is 4. The number of nitrogens with one attached hydrogen (secondary N) is 1. The minimum Gasteiger partial charge on any atom is -0.475 e. The molecule has 1 heterocycles. The van der Waals surface area contributed by atoms with E-state index in [4.69, 9.17) is 15.6 Å². The summed E-state index contributed by atoms with van der Waals surface area (Å²) in [7, 11) is 2.18. The molecule has 0 spiro atoms. The van der Waals surface area contributed by atoms with Gasteiger partial charge in [0.15, 0.2) is 0 Å². The Kier molecular flexibility index (Phi) is 8.22. The van der Waals surface area contributed by atoms with Gasteiger partial charge in [-0.2, -0.15) is 13.2 Å². The standard InChI is InChI=1S/C24H31N3O.C2HF3O2/c1-3-24(25)16-22(24)19-8-10-21(11-9-19)26-23(28)20-6-4-17(5-7-20)18-12-14-27(2)15-13-18;3-2(4,5)1(6)7/h4-11,18,22H,3,12-16,25H2,1-2H3,(H,26,28);(H,6,7). The molecular weight excluding hydrogens is 459 g/mol. The minimum atomic E-state index is -5.08. The Balaban J connectivity index is 0.000000429. The van der Waals surface area contributed by atoms with E-state index in [1.54, 1.807) is 0 Å². The van der Waals surface area contributed by atoms with Crippen LogP contribution in [0.2, 0.25) is 0 Å². The summed E-state index contributed by atoms with van der Waals surface area (Å²) in [5, 5.41) is 10.1. The first-order valence-corrected chi connectivity index (χ1v) is 11.7. The van der Waals surface area contributed by atoms with Gasteiger partial charge in [-0.05, 0) is 87.1 Å². The smallest absolute Gasteiger partial charge is 0.475 e. The van der Waals surface area contributed by atoms with Gasteiger partial charge in [-0.3, -0.25) is 4.79 Å². The molecule has 0 aromatic heterocycles. The van der Waals surface area contributed by atoms with Gasteiger partial charge in [0.05, 0.1) is 0 Å². The van der Waals surface area contributed by atoms with E-state index in [9.17, 15) is 18.0 Å². The van der Waals surface area contributed by atoms with E-state index in [2.05, 4.69) is 48.5 Å². The summed E-state index contributed by atoms with van der Waals surface area (Å²) in [6, 6.07) is 16.3. The van der Waals surface area contributed by atoms with Gasteiger partial charge in [0, 0.05) is 22.7 Å². The highest BCUT2D eigenvalue weighted by atomic mass is 19.4. The summed E-state index contributed by atoms with van der Waals surface area (Å²) in [6.45, 7) is 4.44. The number of rotatable bonds is 5. The van der Waals surface area contributed by atoms with Crippen LogP contribution in [0.15, 0.2) is 48.5 Å². The number of carbonyl (C=O) groups is 2. The third-order valence-corrected chi connectivity index (χ3v) is 6.95. The Morgan fingerprint density at radius 3 is 2.03 bits per heavy atom. The molecule has 2 aliphatic rings. The van der Waals surface area contributed by atoms with Crippen LogP contribution in [0.3, 0.4) is 0 Å². The molecule has 2 atom stereocenters. The third kappa shape index (κ3) is 7.05. The predicted octanol–water partition coefficient (Wildman–Crippen LogP) is 4.98. The number of aliphatic carboxylic acids is 1. The quantitative estimate of drug-likeness (QED) is 0.549. The average molecular weight is 492 g/mol. The van der Waals surface area contributed by atoms with Gasteiger partial charge in [0.1, 0.15) is 0 Å². The highest BCUT2D eigenvalue weighted by Crippen LogP contribution is 2.51. The summed E-state index contributed by atoms with van der Waals surface area (Å²) in [5.74, 6) is -1.75. The fourth-order valence-corrected chi connectivity index (χ4v) is 4.41. The Bertz CT molecular complexity index is 1020. The number of alkyl halides is 3. The topological polar surface area (TPSA) is 95.7 Å². The Morgan fingerprint density at radius 1 is 1.06 bits per heavy atom. The molecule has 9 heteroatoms. The molecule has 1 saturated carbocycles. The zero-order chi connectivity index (χ0) is 25.8. The average Bonchev–Trinajstić information content (AvgIpc) is 3.52. The predicted molar refractivity (Wildman–Crippen MR) is 129 cm³/mol. The molecule has 190 valence electrons. The number of benzene rings is 2. The van der Waals surface area contributed by atoms with Crippen molar-refractivity contribution >= 4 is 17.6 Å². The molecule has 35 heavy (non-hydrogen) atoms. The molecule has 0 radical (unpaired) electrons. The summed E-state index contributed by atoms with van der Waals surface area (Å²) in [4.78, 5) is 23.9. The molecule has 1 aliphatic carbocycles. The first-order valence-electron chi connectivity index (χ1n) is 11.7. The van der Waals surface area contributed by atoms with Gasteiger partial charge in [0.2, 0.25) is 0 Å². The highest BCUT2D eigenvalue weighted by molar-refractivity contribution is 6.04. The Hall–Kier alpha value is -2.91. The number of nitrogens with zero attached hydrogens (tertiary/aromatic N) is 1. The number of carboxylic acid groups (broad SMARTS) is 1. The molecule has 6 nitrogen and oxygen atoms in total. The lowest BCUT2D eigenvalue weighted by atomic mass is 9.89. The highest BCUT2D eigenvalue weighted by Gasteiger charge is 2.49. The van der Waals surface area contributed by atoms with Crippen LogP contribution in [0.25, 0.3) is 0 Å². The lowest BCUT2D eigenvalue weighted by molar-refractivity contribution is -0.192. The molecule has 2 aromatic carbocycles. The summed E-state index contributed by atoms with van der Waals surface area (Å²) < 4.78 is 31.7. The van der Waals surface area contributed by atoms with E-state index in [0.717, 1.165) is 31.6 Å². The van der Waals surface area contributed by atoms with Gasteiger partial charge in [-0.15, -0.1) is 0 Å². The van der Waals surface area contributed by atoms with Crippen molar-refractivity contribution < 1.29 is 27.9 Å². The maximum Gasteiger partial charge on any atom is 0.490 e. The van der Waals surface area contributed by atoms with Crippen molar-refractivity contribution in [3.63, 3.8) is 0 Å². The Labute approximate surface area is 203 Å². The lowest BCUT2D eigenvalue weighted by Gasteiger charge is -2.29. The van der Waals surface area contributed by atoms with Crippen molar-refractivity contribution in [3.8, 4) is 0 Å². The van der Waals surface area contributed by atoms with Crippen LogP contribution >= 0.6 is 0 Å². The van der Waals surface area contributed by atoms with Gasteiger partial charge < -0.3 is 21.1 Å². The van der Waals surface area contributed by atoms with Crippen LogP contribution in [0, 0.1) is 0 Å². The molecule has 1 saturated heterocycles. The second-order valence-electron chi connectivity index (χ2n) is 9.42. The van der Waals surface area contributed by atoms with Crippen LogP contribution < -0.4 is 11.1 Å². The van der Waals surface area contributed by atoms with Crippen LogP contribution in [0.1, 0.15) is 65.9 Å². The number of amides is 1. The van der Waals surface area contributed by atoms with Crippen LogP contribution in [-0.2, 0) is 4.79 Å². The number of anilines is 1. The first-order chi connectivity index (χ1) is 16.4. The maximum absolute atomic E-state index is 12.6. The van der Waals surface area contributed by atoms with Crippen molar-refractivity contribution in [1.29, 1.82) is 0 Å². The molecule has 0 bridgehead atoms. The van der Waals surface area contributed by atoms with E-state index in [1.807, 2.05) is 24.3 Å². The second kappa shape index (κ2) is 10.8. The monoisotopic (exact) mass is 491 g/mol. The van der Waals surface area contributed by atoms with E-state index < -0.39 is 12.1 Å². The number of carboxylic acids is 1. The maximum atomic E-state index is 12.6. The van der Waals surface area contributed by atoms with Crippen molar-refractivity contribution in [1.82, 2.24) is 4.90 Å². The van der Waals surface area contributed by atoms with Crippen LogP contribution in [-0.4, -0.2) is 53.7 Å². The molecule has 2 unspecified atom stereocenters. The molecule has 1 aliphatic heterocycles. The molecule has 4 N–H and O–H groups in total. The fraction of sp³-hybridized carbons (Fsp3) is 0.462. The summed E-state index contributed by atoms with van der Waals surface area (Å²) >= 11 is 0. The number of hydrogen-bond donors (Lipinski definition) is 3. The number of nitrogens with two attached hydrogens (primary N) is 1. The van der Waals surface area contributed by atoms with Crippen molar-refractivity contribution in [2.24, 2.45) is 5.73 Å². The van der Waals surface area contributed by atoms with Gasteiger partial charge in [-0.1, -0.05) is 31.2 Å². The zero-order valence-electron chi connectivity index (χ0n) is 19.9. The third-order valence-electron chi connectivity index (χ3n) is 6.95. The van der Waals surface area contributed by atoms with Crippen molar-refractivity contribution in [2.75, 3.05) is 25.5 Å². The van der Waals surface area contributed by atoms with E-state index >= 15 is 0 Å². The molecule has 4 rings (SSSR count). The first kappa shape index (κ1) is 26.7. The molecular formula is C26H32F3N3O3. The van der Waals surface area contributed by atoms with E-state index in [1.165, 1.54) is 24.0 Å². The van der Waals surface area contributed by atoms with Crippen LogP contribution in [0.4, 0.5) is 18.9 Å². The number of likely N-dealkylation sites (tertiary alicyclic amines) is 1. The summed E-state index contributed by atoms with van der Waals surface area (Å²) in [6.07, 6.45) is -0.641. The summed E-state index contributed by atoms with van der Waals surface area (Å²) in [5.41, 5.74) is 10.4. The van der Waals surface area contributed by atoms with Crippen molar-refractivity contribution in [2.45, 2.75) is 56.2 Å². The molecule has 2 fully saturated rings. The number of halogens is 3. The van der Waals surface area contributed by atoms with Gasteiger partial charge in [-0.25, -0.2) is 4.79 Å². The lowest BCUT2D eigenvalue weighted by Crippen LogP contribution is -2.29. The number of piperidine rings is 1. The van der Waals surface area contributed by atoms with E-state index in [0.29, 0.717) is 17.4 Å². The fourth-order valence-electron chi connectivity index (χ4n) is 4.41. The van der Waals surface area contributed by atoms with E-state index in [-0.39, 0.29) is 11.4 Å². The van der Waals surface area contributed by atoms with Crippen LogP contribution in [0.5, 0.6) is 0 Å². The SMILES string of the molecule is CCC1(N)CC1c1ccc(NC(=O)c2ccc(C3CCN(C)CC3)cc2)cc1.O=C(O)C(F)(F)F. The number of carbonyl (C=O) groups excluding carboxylic acids is 1. The van der Waals surface area contributed by atoms with Crippen molar-refractivity contribution in [3.05, 3.63) is 65.2 Å². The van der Waals surface area contributed by atoms with Gasteiger partial charge in [0.25, 0.3) is 5.91 Å². The molecule has 2 aromatic rings.